The molecule has 3 heteroatoms. The maximum atomic E-state index is 9.17. The van der Waals surface area contributed by atoms with Gasteiger partial charge in [0.25, 0.3) is 0 Å². The molecule has 3 aromatic carbocycles. The molecule has 2 heterocycles. The van der Waals surface area contributed by atoms with E-state index in [4.69, 9.17) is 15.1 Å². The van der Waals surface area contributed by atoms with E-state index in [0.29, 0.717) is 33.8 Å². The molecule has 0 amide bonds. The van der Waals surface area contributed by atoms with Gasteiger partial charge in [0.2, 0.25) is 11.4 Å². The van der Waals surface area contributed by atoms with Gasteiger partial charge in [0.15, 0.2) is 5.69 Å². The Morgan fingerprint density at radius 2 is 1.76 bits per heavy atom. The van der Waals surface area contributed by atoms with Gasteiger partial charge in [-0.05, 0) is 53.6 Å². The zero-order valence-corrected chi connectivity index (χ0v) is 20.1. The third-order valence-corrected chi connectivity index (χ3v) is 6.21. The van der Waals surface area contributed by atoms with Crippen LogP contribution in [0, 0.1) is 26.3 Å². The van der Waals surface area contributed by atoms with E-state index in [-0.39, 0.29) is 17.6 Å². The number of fused-ring (bicyclic) bond motifs is 3. The van der Waals surface area contributed by atoms with Crippen molar-refractivity contribution < 1.29 is 14.5 Å². The largest absolute Gasteiger partial charge is 0.466 e. The molecule has 0 radical (unpaired) electrons. The van der Waals surface area contributed by atoms with Crippen LogP contribution in [0.15, 0.2) is 71.1 Å². The summed E-state index contributed by atoms with van der Waals surface area (Å²) >= 11 is 0. The van der Waals surface area contributed by atoms with Gasteiger partial charge < -0.3 is 4.42 Å². The first-order chi connectivity index (χ1) is 18.0. The third-order valence-electron chi connectivity index (χ3n) is 6.21. The predicted octanol–water partition coefficient (Wildman–Crippen LogP) is 8.11. The monoisotopic (exact) mass is 449 g/mol. The van der Waals surface area contributed by atoms with Gasteiger partial charge in [-0.15, -0.1) is 0 Å². The first-order valence-electron chi connectivity index (χ1n) is 13.4. The molecule has 0 spiro atoms. The Morgan fingerprint density at radius 3 is 2.47 bits per heavy atom. The van der Waals surface area contributed by atoms with E-state index in [0.717, 1.165) is 27.5 Å². The number of aromatic nitrogens is 1. The fourth-order valence-electron chi connectivity index (χ4n) is 4.45. The van der Waals surface area contributed by atoms with E-state index < -0.39 is 12.3 Å². The van der Waals surface area contributed by atoms with E-state index in [2.05, 4.69) is 4.85 Å². The average molecular weight is 450 g/mol. The molecule has 0 saturated heterocycles. The van der Waals surface area contributed by atoms with Gasteiger partial charge in [-0.2, -0.15) is 4.57 Å². The van der Waals surface area contributed by atoms with Gasteiger partial charge in [0.1, 0.15) is 18.2 Å². The summed E-state index contributed by atoms with van der Waals surface area (Å²) < 4.78 is 43.6. The minimum absolute atomic E-state index is 0.0202. The lowest BCUT2D eigenvalue weighted by molar-refractivity contribution is -0.666. The summed E-state index contributed by atoms with van der Waals surface area (Å²) in [6.45, 7) is 15.1. The molecule has 3 nitrogen and oxygen atoms in total. The maximum absolute atomic E-state index is 9.17. The molecule has 0 fully saturated rings. The number of furan rings is 1. The zero-order chi connectivity index (χ0) is 27.5. The molecular formula is C31H29N2O+. The van der Waals surface area contributed by atoms with Gasteiger partial charge in [-0.1, -0.05) is 56.3 Å². The highest BCUT2D eigenvalue weighted by atomic mass is 16.3. The normalized spacial score (nSPS) is 13.6. The van der Waals surface area contributed by atoms with Crippen molar-refractivity contribution in [2.75, 3.05) is 0 Å². The molecule has 0 bridgehead atoms. The number of benzene rings is 3. The van der Waals surface area contributed by atoms with Crippen LogP contribution in [-0.4, -0.2) is 0 Å². The second kappa shape index (κ2) is 8.47. The minimum Gasteiger partial charge on any atom is -0.466 e. The molecule has 5 aromatic rings. The Kier molecular flexibility index (Phi) is 4.37. The van der Waals surface area contributed by atoms with Crippen molar-refractivity contribution in [1.29, 1.82) is 0 Å². The van der Waals surface area contributed by atoms with Gasteiger partial charge >= 0.3 is 0 Å². The molecule has 0 atom stereocenters. The fourth-order valence-corrected chi connectivity index (χ4v) is 4.45. The van der Waals surface area contributed by atoms with E-state index in [1.807, 2.05) is 61.5 Å². The minimum atomic E-state index is -1.86. The fraction of sp³-hybridized carbons (Fsp3) is 0.226. The first kappa shape index (κ1) is 17.6. The summed E-state index contributed by atoms with van der Waals surface area (Å²) in [6, 6.07) is 17.7. The van der Waals surface area contributed by atoms with Crippen molar-refractivity contribution in [2.24, 2.45) is 13.0 Å². The van der Waals surface area contributed by atoms with E-state index >= 15 is 0 Å². The maximum Gasteiger partial charge on any atom is 0.230 e. The Labute approximate surface area is 206 Å². The lowest BCUT2D eigenvalue weighted by Gasteiger charge is -2.11. The van der Waals surface area contributed by atoms with Gasteiger partial charge in [-0.25, -0.2) is 4.85 Å². The lowest BCUT2D eigenvalue weighted by atomic mass is 9.96. The molecule has 168 valence electrons. The highest BCUT2D eigenvalue weighted by Crippen LogP contribution is 2.42. The molecule has 0 aliphatic rings. The van der Waals surface area contributed by atoms with Crippen LogP contribution in [-0.2, 0) is 13.4 Å². The molecule has 0 aliphatic carbocycles. The average Bonchev–Trinajstić information content (AvgIpc) is 3.27. The van der Waals surface area contributed by atoms with Crippen molar-refractivity contribution in [3.05, 3.63) is 94.9 Å². The first-order valence-corrected chi connectivity index (χ1v) is 11.4. The topological polar surface area (TPSA) is 21.4 Å². The summed E-state index contributed by atoms with van der Waals surface area (Å²) in [7, 11) is 1.80. The van der Waals surface area contributed by atoms with Crippen molar-refractivity contribution in [3.8, 4) is 22.4 Å². The van der Waals surface area contributed by atoms with E-state index in [1.165, 1.54) is 0 Å². The summed E-state index contributed by atoms with van der Waals surface area (Å²) in [6.07, 6.45) is -1.86. The number of hydrogen-bond donors (Lipinski definition) is 0. The molecule has 5 rings (SSSR count). The van der Waals surface area contributed by atoms with Crippen molar-refractivity contribution >= 4 is 27.6 Å². The van der Waals surface area contributed by atoms with Crippen LogP contribution in [0.25, 0.3) is 49.2 Å². The van der Waals surface area contributed by atoms with Crippen LogP contribution < -0.4 is 4.57 Å². The smallest absolute Gasteiger partial charge is 0.230 e. The predicted molar refractivity (Wildman–Crippen MR) is 140 cm³/mol. The number of nitrogens with zero attached hydrogens (tertiary/aromatic N) is 2. The second-order valence-electron chi connectivity index (χ2n) is 9.00. The SMILES string of the molecule is [2H]c1c(C([2H])([2H])C(C)C)c([2H])c(-c2c(C)ccc3c2oc2c([N+]#[C-])cc(-c4ccccc4)cc23)[n+](C)c1C. The van der Waals surface area contributed by atoms with Gasteiger partial charge in [0, 0.05) is 32.5 Å². The third kappa shape index (κ3) is 3.66. The molecule has 0 N–H and O–H groups in total. The number of rotatable bonds is 4. The Bertz CT molecular complexity index is 1780. The Hall–Kier alpha value is -3.90. The van der Waals surface area contributed by atoms with Crippen LogP contribution in [0.2, 0.25) is 0 Å². The summed E-state index contributed by atoms with van der Waals surface area (Å²) in [5.74, 6) is -0.420. The van der Waals surface area contributed by atoms with Gasteiger partial charge in [-0.3, -0.25) is 0 Å². The van der Waals surface area contributed by atoms with Gasteiger partial charge in [0.05, 0.1) is 14.9 Å². The lowest BCUT2D eigenvalue weighted by Crippen LogP contribution is -2.35. The Balaban J connectivity index is 1.90. The van der Waals surface area contributed by atoms with Crippen molar-refractivity contribution in [2.45, 2.75) is 34.1 Å². The number of pyridine rings is 1. The van der Waals surface area contributed by atoms with Crippen LogP contribution in [0.4, 0.5) is 5.69 Å². The quantitative estimate of drug-likeness (QED) is 0.200. The Morgan fingerprint density at radius 1 is 1.00 bits per heavy atom. The molecule has 2 aromatic heterocycles. The summed E-state index contributed by atoms with van der Waals surface area (Å²) in [4.78, 5) is 3.77. The van der Waals surface area contributed by atoms with Crippen LogP contribution >= 0.6 is 0 Å². The molecular weight excluding hydrogens is 416 g/mol. The molecule has 0 unspecified atom stereocenters. The summed E-state index contributed by atoms with van der Waals surface area (Å²) in [5.41, 5.74) is 6.04. The highest BCUT2D eigenvalue weighted by molar-refractivity contribution is 6.14. The zero-order valence-electron chi connectivity index (χ0n) is 24.1. The summed E-state index contributed by atoms with van der Waals surface area (Å²) in [5, 5.41) is 1.64. The van der Waals surface area contributed by atoms with E-state index in [1.54, 1.807) is 32.4 Å². The molecule has 34 heavy (non-hydrogen) atoms. The van der Waals surface area contributed by atoms with Crippen molar-refractivity contribution in [1.82, 2.24) is 0 Å². The number of hydrogen-bond acceptors (Lipinski definition) is 1. The molecule has 0 saturated carbocycles. The molecule has 0 aliphatic heterocycles. The van der Waals surface area contributed by atoms with Crippen LogP contribution in [0.5, 0.6) is 0 Å². The number of aryl methyl sites for hydroxylation is 1. The highest BCUT2D eigenvalue weighted by Gasteiger charge is 2.24. The van der Waals surface area contributed by atoms with Crippen molar-refractivity contribution in [3.63, 3.8) is 0 Å². The van der Waals surface area contributed by atoms with E-state index in [9.17, 15) is 1.37 Å². The van der Waals surface area contributed by atoms with Crippen LogP contribution in [0.3, 0.4) is 0 Å². The standard InChI is InChI=1S/C31H29N2O/c1-19(2)14-22-15-21(4)33(6)28(16-22)29-20(3)12-13-25-26-17-24(23-10-8-7-9-11-23)18-27(32-5)30(26)34-31(25)29/h7-13,15-19H,14H2,1-4,6H3/q+1/i14D2,15D,16D. The van der Waals surface area contributed by atoms with Crippen LogP contribution in [0.1, 0.15) is 36.2 Å². The second-order valence-corrected chi connectivity index (χ2v) is 9.00.